The molecule has 2 aromatic rings. The Morgan fingerprint density at radius 2 is 2.36 bits per heavy atom. The van der Waals surface area contributed by atoms with Crippen molar-refractivity contribution in [1.82, 2.24) is 10.3 Å². The number of carbonyl (C=O) groups is 1. The Morgan fingerprint density at radius 3 is 3.05 bits per heavy atom. The molecule has 4 nitrogen and oxygen atoms in total. The molecular weight excluding hydrogens is 316 g/mol. The molecule has 3 rings (SSSR count). The zero-order chi connectivity index (χ0) is 15.6. The standard InChI is InChI=1S/C16H18N2O2S2/c1-11-8-22-15(18-11)13-4-2-3-12(7-13)14(19)17-9-16(20)5-6-21-10-16/h2-4,7-8,20H,5-6,9-10H2,1H3,(H,17,19). The average Bonchev–Trinajstić information content (AvgIpc) is 3.14. The van der Waals surface area contributed by atoms with Crippen LogP contribution in [0.5, 0.6) is 0 Å². The summed E-state index contributed by atoms with van der Waals surface area (Å²) in [6, 6.07) is 7.45. The Labute approximate surface area is 138 Å². The van der Waals surface area contributed by atoms with Crippen LogP contribution in [0.25, 0.3) is 10.6 Å². The van der Waals surface area contributed by atoms with Gasteiger partial charge in [0.05, 0.1) is 5.60 Å². The summed E-state index contributed by atoms with van der Waals surface area (Å²) >= 11 is 3.29. The number of aromatic nitrogens is 1. The van der Waals surface area contributed by atoms with Gasteiger partial charge in [0.15, 0.2) is 0 Å². The number of thiazole rings is 1. The molecular formula is C16H18N2O2S2. The smallest absolute Gasteiger partial charge is 0.251 e. The Hall–Kier alpha value is -1.37. The maximum absolute atomic E-state index is 12.3. The van der Waals surface area contributed by atoms with Crippen molar-refractivity contribution >= 4 is 29.0 Å². The monoisotopic (exact) mass is 334 g/mol. The molecule has 6 heteroatoms. The summed E-state index contributed by atoms with van der Waals surface area (Å²) in [5.74, 6) is 1.48. The molecule has 1 amide bonds. The molecule has 1 aliphatic rings. The van der Waals surface area contributed by atoms with Crippen molar-refractivity contribution in [2.24, 2.45) is 0 Å². The number of rotatable bonds is 4. The topological polar surface area (TPSA) is 62.2 Å². The van der Waals surface area contributed by atoms with E-state index in [1.54, 1.807) is 29.2 Å². The summed E-state index contributed by atoms with van der Waals surface area (Å²) in [6.45, 7) is 2.26. The third-order valence-electron chi connectivity index (χ3n) is 3.65. The van der Waals surface area contributed by atoms with E-state index in [-0.39, 0.29) is 5.91 Å². The SMILES string of the molecule is Cc1csc(-c2cccc(C(=O)NCC3(O)CCSC3)c2)n1. The first kappa shape index (κ1) is 15.5. The van der Waals surface area contributed by atoms with E-state index in [0.717, 1.165) is 28.4 Å². The highest BCUT2D eigenvalue weighted by Gasteiger charge is 2.32. The number of amides is 1. The lowest BCUT2D eigenvalue weighted by Crippen LogP contribution is -2.42. The fourth-order valence-electron chi connectivity index (χ4n) is 2.36. The van der Waals surface area contributed by atoms with E-state index >= 15 is 0 Å². The quantitative estimate of drug-likeness (QED) is 0.902. The molecule has 0 saturated carbocycles. The first-order valence-corrected chi connectivity index (χ1v) is 9.20. The summed E-state index contributed by atoms with van der Waals surface area (Å²) in [5, 5.41) is 16.0. The van der Waals surface area contributed by atoms with Gasteiger partial charge in [-0.2, -0.15) is 11.8 Å². The van der Waals surface area contributed by atoms with Crippen molar-refractivity contribution < 1.29 is 9.90 Å². The first-order valence-electron chi connectivity index (χ1n) is 7.17. The Bertz CT molecular complexity index is 678. The van der Waals surface area contributed by atoms with E-state index < -0.39 is 5.60 Å². The molecule has 1 unspecified atom stereocenters. The molecule has 2 heterocycles. The van der Waals surface area contributed by atoms with Crippen LogP contribution < -0.4 is 5.32 Å². The summed E-state index contributed by atoms with van der Waals surface area (Å²) in [7, 11) is 0. The predicted octanol–water partition coefficient (Wildman–Crippen LogP) is 2.72. The minimum absolute atomic E-state index is 0.152. The maximum Gasteiger partial charge on any atom is 0.251 e. The van der Waals surface area contributed by atoms with Gasteiger partial charge in [0, 0.05) is 34.5 Å². The molecule has 0 radical (unpaired) electrons. The Kier molecular flexibility index (Phi) is 4.52. The summed E-state index contributed by atoms with van der Waals surface area (Å²) in [6.07, 6.45) is 0.733. The van der Waals surface area contributed by atoms with Crippen LogP contribution in [0.2, 0.25) is 0 Å². The molecule has 1 aromatic heterocycles. The summed E-state index contributed by atoms with van der Waals surface area (Å²) in [4.78, 5) is 16.7. The van der Waals surface area contributed by atoms with Gasteiger partial charge in [-0.05, 0) is 31.2 Å². The van der Waals surface area contributed by atoms with Gasteiger partial charge in [-0.3, -0.25) is 4.79 Å². The summed E-state index contributed by atoms with van der Waals surface area (Å²) < 4.78 is 0. The minimum Gasteiger partial charge on any atom is -0.387 e. The van der Waals surface area contributed by atoms with Crippen molar-refractivity contribution in [2.75, 3.05) is 18.1 Å². The Balaban J connectivity index is 1.70. The van der Waals surface area contributed by atoms with Crippen LogP contribution in [0, 0.1) is 6.92 Å². The van der Waals surface area contributed by atoms with Gasteiger partial charge in [0.2, 0.25) is 0 Å². The molecule has 2 N–H and O–H groups in total. The number of benzene rings is 1. The van der Waals surface area contributed by atoms with E-state index in [0.29, 0.717) is 17.9 Å². The lowest BCUT2D eigenvalue weighted by Gasteiger charge is -2.21. The van der Waals surface area contributed by atoms with E-state index in [4.69, 9.17) is 0 Å². The molecule has 1 aliphatic heterocycles. The van der Waals surface area contributed by atoms with Gasteiger partial charge < -0.3 is 10.4 Å². The fourth-order valence-corrected chi connectivity index (χ4v) is 4.45. The number of nitrogens with one attached hydrogen (secondary N) is 1. The third kappa shape index (κ3) is 3.51. The van der Waals surface area contributed by atoms with Gasteiger partial charge in [0.25, 0.3) is 5.91 Å². The predicted molar refractivity (Wildman–Crippen MR) is 91.5 cm³/mol. The molecule has 1 fully saturated rings. The lowest BCUT2D eigenvalue weighted by molar-refractivity contribution is 0.0612. The molecule has 0 aliphatic carbocycles. The van der Waals surface area contributed by atoms with Gasteiger partial charge >= 0.3 is 0 Å². The van der Waals surface area contributed by atoms with E-state index in [1.807, 2.05) is 30.5 Å². The number of hydrogen-bond donors (Lipinski definition) is 2. The van der Waals surface area contributed by atoms with Crippen LogP contribution in [0.1, 0.15) is 22.5 Å². The van der Waals surface area contributed by atoms with Crippen LogP contribution in [-0.4, -0.2) is 39.6 Å². The van der Waals surface area contributed by atoms with E-state index in [9.17, 15) is 9.90 Å². The third-order valence-corrected chi connectivity index (χ3v) is 5.89. The first-order chi connectivity index (χ1) is 10.6. The molecule has 22 heavy (non-hydrogen) atoms. The number of aryl methyl sites for hydroxylation is 1. The number of hydrogen-bond acceptors (Lipinski definition) is 5. The molecule has 0 bridgehead atoms. The highest BCUT2D eigenvalue weighted by molar-refractivity contribution is 7.99. The largest absolute Gasteiger partial charge is 0.387 e. The zero-order valence-electron chi connectivity index (χ0n) is 12.3. The second kappa shape index (κ2) is 6.40. The second-order valence-corrected chi connectivity index (χ2v) is 7.55. The molecule has 116 valence electrons. The van der Waals surface area contributed by atoms with Gasteiger partial charge in [-0.1, -0.05) is 12.1 Å². The molecule has 1 saturated heterocycles. The van der Waals surface area contributed by atoms with Gasteiger partial charge in [-0.25, -0.2) is 4.98 Å². The van der Waals surface area contributed by atoms with Gasteiger partial charge in [-0.15, -0.1) is 11.3 Å². The van der Waals surface area contributed by atoms with Gasteiger partial charge in [0.1, 0.15) is 5.01 Å². The van der Waals surface area contributed by atoms with Crippen LogP contribution >= 0.6 is 23.1 Å². The van der Waals surface area contributed by atoms with E-state index in [2.05, 4.69) is 10.3 Å². The molecule has 0 spiro atoms. The van der Waals surface area contributed by atoms with Crippen molar-refractivity contribution in [3.8, 4) is 10.6 Å². The zero-order valence-corrected chi connectivity index (χ0v) is 14.0. The highest BCUT2D eigenvalue weighted by Crippen LogP contribution is 2.27. The number of nitrogens with zero attached hydrogens (tertiary/aromatic N) is 1. The van der Waals surface area contributed by atoms with Crippen molar-refractivity contribution in [2.45, 2.75) is 18.9 Å². The van der Waals surface area contributed by atoms with Crippen LogP contribution in [0.15, 0.2) is 29.6 Å². The second-order valence-electron chi connectivity index (χ2n) is 5.58. The van der Waals surface area contributed by atoms with Crippen LogP contribution in [-0.2, 0) is 0 Å². The summed E-state index contributed by atoms with van der Waals surface area (Å²) in [5.41, 5.74) is 1.76. The molecule has 1 aromatic carbocycles. The number of aliphatic hydroxyl groups is 1. The normalized spacial score (nSPS) is 21.0. The minimum atomic E-state index is -0.760. The maximum atomic E-state index is 12.3. The van der Waals surface area contributed by atoms with Crippen molar-refractivity contribution in [3.05, 3.63) is 40.9 Å². The van der Waals surface area contributed by atoms with Crippen molar-refractivity contribution in [1.29, 1.82) is 0 Å². The van der Waals surface area contributed by atoms with E-state index in [1.165, 1.54) is 0 Å². The van der Waals surface area contributed by atoms with Crippen LogP contribution in [0.4, 0.5) is 0 Å². The molecule has 1 atom stereocenters. The van der Waals surface area contributed by atoms with Crippen molar-refractivity contribution in [3.63, 3.8) is 0 Å². The highest BCUT2D eigenvalue weighted by atomic mass is 32.2. The Morgan fingerprint density at radius 1 is 1.50 bits per heavy atom. The number of thioether (sulfide) groups is 1. The fraction of sp³-hybridized carbons (Fsp3) is 0.375. The lowest BCUT2D eigenvalue weighted by atomic mass is 10.0. The average molecular weight is 334 g/mol. The number of carbonyl (C=O) groups excluding carboxylic acids is 1. The van der Waals surface area contributed by atoms with Crippen LogP contribution in [0.3, 0.4) is 0 Å².